The minimum atomic E-state index is -1.30. The van der Waals surface area contributed by atoms with Crippen LogP contribution in [0.1, 0.15) is 12.0 Å². The van der Waals surface area contributed by atoms with Crippen LogP contribution < -0.4 is 10.2 Å². The van der Waals surface area contributed by atoms with Crippen molar-refractivity contribution in [1.82, 2.24) is 10.2 Å². The normalized spacial score (nSPS) is 16.6. The van der Waals surface area contributed by atoms with E-state index in [1.54, 1.807) is 42.5 Å². The first-order valence-electron chi connectivity index (χ1n) is 9.77. The molecule has 3 rings (SSSR count). The predicted octanol–water partition coefficient (Wildman–Crippen LogP) is 1.84. The largest absolute Gasteiger partial charge is 0.465 e. The van der Waals surface area contributed by atoms with Crippen molar-refractivity contribution >= 4 is 29.6 Å². The van der Waals surface area contributed by atoms with Crippen molar-refractivity contribution in [2.24, 2.45) is 5.92 Å². The third kappa shape index (κ3) is 5.81. The Balaban J connectivity index is 1.76. The standard InChI is InChI=1S/C22H23N3O6/c26-19(31-14-16-7-3-1-4-8-16)13-18-20(27)24(15-23-22(29)30)11-12-25(21(18)28)17-9-5-2-6-10-17/h1-10,18,23H,11-15H2,(H,29,30). The second-order valence-electron chi connectivity index (χ2n) is 6.97. The van der Waals surface area contributed by atoms with E-state index in [1.807, 2.05) is 18.2 Å². The summed E-state index contributed by atoms with van der Waals surface area (Å²) in [6.07, 6.45) is -1.72. The zero-order chi connectivity index (χ0) is 22.2. The second kappa shape index (κ2) is 10.2. The maximum absolute atomic E-state index is 13.2. The fourth-order valence-corrected chi connectivity index (χ4v) is 3.28. The summed E-state index contributed by atoms with van der Waals surface area (Å²) in [5, 5.41) is 11.0. The van der Waals surface area contributed by atoms with E-state index < -0.39 is 36.2 Å². The van der Waals surface area contributed by atoms with Gasteiger partial charge in [-0.25, -0.2) is 4.79 Å². The summed E-state index contributed by atoms with van der Waals surface area (Å²) in [6.45, 7) is 0.0435. The zero-order valence-electron chi connectivity index (χ0n) is 16.8. The fraction of sp³-hybridized carbons (Fsp3) is 0.273. The first kappa shape index (κ1) is 21.8. The minimum Gasteiger partial charge on any atom is -0.465 e. The number of amides is 3. The van der Waals surface area contributed by atoms with Crippen LogP contribution in [0.4, 0.5) is 10.5 Å². The average Bonchev–Trinajstić information content (AvgIpc) is 2.89. The van der Waals surface area contributed by atoms with Crippen LogP contribution in [-0.2, 0) is 25.7 Å². The van der Waals surface area contributed by atoms with Gasteiger partial charge in [-0.05, 0) is 17.7 Å². The summed E-state index contributed by atoms with van der Waals surface area (Å²) in [5.74, 6) is -3.13. The third-order valence-corrected chi connectivity index (χ3v) is 4.87. The van der Waals surface area contributed by atoms with Gasteiger partial charge in [0.15, 0.2) is 0 Å². The van der Waals surface area contributed by atoms with Crippen molar-refractivity contribution < 1.29 is 29.0 Å². The van der Waals surface area contributed by atoms with Gasteiger partial charge < -0.3 is 25.0 Å². The number of carboxylic acid groups (broad SMARTS) is 1. The fourth-order valence-electron chi connectivity index (χ4n) is 3.28. The van der Waals surface area contributed by atoms with Gasteiger partial charge in [0.2, 0.25) is 11.8 Å². The van der Waals surface area contributed by atoms with Gasteiger partial charge in [0.1, 0.15) is 12.5 Å². The lowest BCUT2D eigenvalue weighted by molar-refractivity contribution is -0.152. The van der Waals surface area contributed by atoms with Gasteiger partial charge >= 0.3 is 12.1 Å². The van der Waals surface area contributed by atoms with E-state index in [9.17, 15) is 19.2 Å². The molecule has 0 spiro atoms. The second-order valence-corrected chi connectivity index (χ2v) is 6.97. The maximum Gasteiger partial charge on any atom is 0.406 e. The number of anilines is 1. The summed E-state index contributed by atoms with van der Waals surface area (Å²) in [5.41, 5.74) is 1.38. The Labute approximate surface area is 179 Å². The summed E-state index contributed by atoms with van der Waals surface area (Å²) in [7, 11) is 0. The predicted molar refractivity (Wildman–Crippen MR) is 111 cm³/mol. The highest BCUT2D eigenvalue weighted by Crippen LogP contribution is 2.23. The number of hydrogen-bond acceptors (Lipinski definition) is 5. The van der Waals surface area contributed by atoms with E-state index in [2.05, 4.69) is 5.32 Å². The Hall–Kier alpha value is -3.88. The maximum atomic E-state index is 13.2. The van der Waals surface area contributed by atoms with E-state index in [1.165, 1.54) is 9.80 Å². The van der Waals surface area contributed by atoms with Gasteiger partial charge in [-0.2, -0.15) is 0 Å². The van der Waals surface area contributed by atoms with E-state index in [0.29, 0.717) is 5.69 Å². The van der Waals surface area contributed by atoms with Crippen LogP contribution in [-0.4, -0.2) is 53.6 Å². The number of nitrogens with zero attached hydrogens (tertiary/aromatic N) is 2. The summed E-state index contributed by atoms with van der Waals surface area (Å²) < 4.78 is 5.25. The van der Waals surface area contributed by atoms with Gasteiger partial charge in [0.05, 0.1) is 13.1 Å². The molecule has 1 aliphatic heterocycles. The van der Waals surface area contributed by atoms with Crippen LogP contribution in [0.5, 0.6) is 0 Å². The Morgan fingerprint density at radius 3 is 2.26 bits per heavy atom. The van der Waals surface area contributed by atoms with Crippen LogP contribution in [0.2, 0.25) is 0 Å². The Morgan fingerprint density at radius 1 is 0.968 bits per heavy atom. The van der Waals surface area contributed by atoms with E-state index >= 15 is 0 Å². The molecule has 0 aliphatic carbocycles. The lowest BCUT2D eigenvalue weighted by atomic mass is 10.0. The molecule has 2 aromatic carbocycles. The lowest BCUT2D eigenvalue weighted by Gasteiger charge is -2.22. The van der Waals surface area contributed by atoms with Crippen LogP contribution in [0, 0.1) is 5.92 Å². The first-order chi connectivity index (χ1) is 15.0. The van der Waals surface area contributed by atoms with Crippen LogP contribution in [0.25, 0.3) is 0 Å². The highest BCUT2D eigenvalue weighted by atomic mass is 16.5. The van der Waals surface area contributed by atoms with Gasteiger partial charge in [-0.1, -0.05) is 48.5 Å². The van der Waals surface area contributed by atoms with Crippen molar-refractivity contribution in [3.05, 3.63) is 66.2 Å². The molecule has 1 unspecified atom stereocenters. The van der Waals surface area contributed by atoms with Crippen molar-refractivity contribution in [3.8, 4) is 0 Å². The molecule has 3 amide bonds. The molecule has 1 aliphatic rings. The molecule has 2 aromatic rings. The summed E-state index contributed by atoms with van der Waals surface area (Å²) in [4.78, 5) is 52.1. The topological polar surface area (TPSA) is 116 Å². The molecule has 9 nitrogen and oxygen atoms in total. The number of carbonyl (C=O) groups is 4. The van der Waals surface area contributed by atoms with Crippen molar-refractivity contribution in [2.45, 2.75) is 13.0 Å². The quantitative estimate of drug-likeness (QED) is 0.517. The zero-order valence-corrected chi connectivity index (χ0v) is 16.8. The molecule has 0 radical (unpaired) electrons. The van der Waals surface area contributed by atoms with Crippen molar-refractivity contribution in [3.63, 3.8) is 0 Å². The number of hydrogen-bond donors (Lipinski definition) is 2. The highest BCUT2D eigenvalue weighted by Gasteiger charge is 2.39. The molecular formula is C22H23N3O6. The van der Waals surface area contributed by atoms with Crippen molar-refractivity contribution in [1.29, 1.82) is 0 Å². The minimum absolute atomic E-state index is 0.0292. The van der Waals surface area contributed by atoms with Gasteiger partial charge in [-0.15, -0.1) is 0 Å². The molecule has 9 heteroatoms. The Morgan fingerprint density at radius 2 is 1.61 bits per heavy atom. The number of esters is 1. The molecule has 162 valence electrons. The van der Waals surface area contributed by atoms with Crippen molar-refractivity contribution in [2.75, 3.05) is 24.7 Å². The average molecular weight is 425 g/mol. The van der Waals surface area contributed by atoms with Crippen LogP contribution in [0.3, 0.4) is 0 Å². The molecule has 1 heterocycles. The van der Waals surface area contributed by atoms with Crippen LogP contribution >= 0.6 is 0 Å². The Kier molecular flexibility index (Phi) is 7.21. The monoisotopic (exact) mass is 425 g/mol. The number of carbonyl (C=O) groups excluding carboxylic acids is 3. The van der Waals surface area contributed by atoms with E-state index in [0.717, 1.165) is 5.56 Å². The first-order valence-corrected chi connectivity index (χ1v) is 9.77. The molecule has 1 fully saturated rings. The highest BCUT2D eigenvalue weighted by molar-refractivity contribution is 6.10. The lowest BCUT2D eigenvalue weighted by Crippen LogP contribution is -2.45. The number of rotatable bonds is 7. The molecular weight excluding hydrogens is 402 g/mol. The number of ether oxygens (including phenoxy) is 1. The van der Waals surface area contributed by atoms with E-state index in [-0.39, 0.29) is 26.4 Å². The van der Waals surface area contributed by atoms with Gasteiger partial charge in [0, 0.05) is 18.8 Å². The third-order valence-electron chi connectivity index (χ3n) is 4.87. The SMILES string of the molecule is O=C(O)NCN1CCN(c2ccccc2)C(=O)C(CC(=O)OCc2ccccc2)C1=O. The number of nitrogens with one attached hydrogen (secondary N) is 1. The van der Waals surface area contributed by atoms with Crippen LogP contribution in [0.15, 0.2) is 60.7 Å². The molecule has 0 aromatic heterocycles. The molecule has 1 saturated heterocycles. The molecule has 2 N–H and O–H groups in total. The molecule has 1 atom stereocenters. The summed E-state index contributed by atoms with van der Waals surface area (Å²) in [6, 6.07) is 17.9. The summed E-state index contributed by atoms with van der Waals surface area (Å²) >= 11 is 0. The molecule has 31 heavy (non-hydrogen) atoms. The van der Waals surface area contributed by atoms with Gasteiger partial charge in [0.25, 0.3) is 0 Å². The smallest absolute Gasteiger partial charge is 0.406 e. The number of benzene rings is 2. The molecule has 0 bridgehead atoms. The Bertz CT molecular complexity index is 935. The number of para-hydroxylation sites is 1. The van der Waals surface area contributed by atoms with E-state index in [4.69, 9.17) is 9.84 Å². The van der Waals surface area contributed by atoms with Gasteiger partial charge in [-0.3, -0.25) is 14.4 Å². The molecule has 0 saturated carbocycles.